The molecule has 0 aliphatic heterocycles. The van der Waals surface area contributed by atoms with Gasteiger partial charge in [0.2, 0.25) is 12.2 Å². The van der Waals surface area contributed by atoms with E-state index in [1.165, 1.54) is 0 Å². The van der Waals surface area contributed by atoms with Gasteiger partial charge in [-0.15, -0.1) is 0 Å². The number of rotatable bonds is 4. The van der Waals surface area contributed by atoms with E-state index in [0.717, 1.165) is 0 Å². The van der Waals surface area contributed by atoms with E-state index in [9.17, 15) is 52.7 Å². The van der Waals surface area contributed by atoms with Crippen LogP contribution in [0.3, 0.4) is 0 Å². The predicted octanol–water partition coefficient (Wildman–Crippen LogP) is 4.12. The maximum atomic E-state index is 12.1. The van der Waals surface area contributed by atoms with Gasteiger partial charge < -0.3 is 7.58 Å². The van der Waals surface area contributed by atoms with Gasteiger partial charge in [-0.25, -0.2) is 0 Å². The molecule has 2 nitrogen and oxygen atoms in total. The maximum Gasteiger partial charge on any atom is 0.672 e. The van der Waals surface area contributed by atoms with E-state index < -0.39 is 51.7 Å². The van der Waals surface area contributed by atoms with Crippen molar-refractivity contribution >= 4 is 14.8 Å². The summed E-state index contributed by atoms with van der Waals surface area (Å²) in [6.45, 7) is 0. The van der Waals surface area contributed by atoms with Crippen LogP contribution in [0.2, 0.25) is 5.79 Å². The Bertz CT molecular complexity index is 292. The Kier molecular flexibility index (Phi) is 6.50. The number of halogens is 12. The molecule has 0 amide bonds. The zero-order chi connectivity index (χ0) is 18.1. The zero-order valence-electron chi connectivity index (χ0n) is 10.1. The lowest BCUT2D eigenvalue weighted by molar-refractivity contribution is -0.317. The van der Waals surface area contributed by atoms with E-state index in [4.69, 9.17) is 0 Å². The fourth-order valence-electron chi connectivity index (χ4n) is 1.10. The van der Waals surface area contributed by atoms with Gasteiger partial charge in [0.25, 0.3) is 0 Å². The Labute approximate surface area is 119 Å². The van der Waals surface area contributed by atoms with E-state index >= 15 is 0 Å². The summed E-state index contributed by atoms with van der Waals surface area (Å²) in [6, 6.07) is 0. The van der Waals surface area contributed by atoms with E-state index in [1.807, 2.05) is 0 Å². The molecular weight excluding hydrogens is 371 g/mol. The summed E-state index contributed by atoms with van der Waals surface area (Å²) in [6.07, 6.45) is -33.4. The fourth-order valence-corrected chi connectivity index (χ4v) is 2.54. The van der Waals surface area contributed by atoms with Crippen molar-refractivity contribution in [3.05, 3.63) is 0 Å². The average Bonchev–Trinajstić information content (AvgIpc) is 2.15. The summed E-state index contributed by atoms with van der Waals surface area (Å²) < 4.78 is 151. The van der Waals surface area contributed by atoms with Crippen LogP contribution in [0.15, 0.2) is 0 Å². The molecule has 22 heavy (non-hydrogen) atoms. The lowest BCUT2D eigenvalue weighted by Gasteiger charge is -2.29. The van der Waals surface area contributed by atoms with Crippen LogP contribution in [0, 0.1) is 0 Å². The minimum absolute atomic E-state index is 0.176. The second kappa shape index (κ2) is 6.62. The first-order valence-electron chi connectivity index (χ1n) is 4.94. The third-order valence-corrected chi connectivity index (χ3v) is 3.16. The molecular formula is C7H5AlF12O2. The van der Waals surface area contributed by atoms with E-state index in [1.54, 1.807) is 0 Å². The first-order chi connectivity index (χ1) is 9.37. The smallest absolute Gasteiger partial charge is 0.463 e. The molecule has 0 aliphatic carbocycles. The molecule has 0 spiro atoms. The molecule has 0 atom stereocenters. The largest absolute Gasteiger partial charge is 0.672 e. The van der Waals surface area contributed by atoms with Gasteiger partial charge in [0, 0.05) is 0 Å². The highest BCUT2D eigenvalue weighted by molar-refractivity contribution is 6.42. The van der Waals surface area contributed by atoms with Gasteiger partial charge in [-0.05, 0) is 0 Å². The second-order valence-corrected chi connectivity index (χ2v) is 5.45. The summed E-state index contributed by atoms with van der Waals surface area (Å²) >= 11 is -4.60. The van der Waals surface area contributed by atoms with Gasteiger partial charge in [0.1, 0.15) is 0 Å². The first-order valence-corrected chi connectivity index (χ1v) is 7.04. The van der Waals surface area contributed by atoms with E-state index in [-0.39, 0.29) is 5.79 Å². The van der Waals surface area contributed by atoms with Crippen LogP contribution in [0.1, 0.15) is 0 Å². The third kappa shape index (κ3) is 6.80. The molecule has 15 heteroatoms. The van der Waals surface area contributed by atoms with E-state index in [2.05, 4.69) is 7.58 Å². The minimum Gasteiger partial charge on any atom is -0.463 e. The van der Waals surface area contributed by atoms with Crippen LogP contribution in [0.4, 0.5) is 52.7 Å². The van der Waals surface area contributed by atoms with Crippen LogP contribution in [0.25, 0.3) is 0 Å². The van der Waals surface area contributed by atoms with Crippen molar-refractivity contribution in [1.82, 2.24) is 0 Å². The van der Waals surface area contributed by atoms with Gasteiger partial charge in [0.15, 0.2) is 0 Å². The Morgan fingerprint density at radius 3 is 0.864 bits per heavy atom. The molecule has 0 rings (SSSR count). The predicted molar refractivity (Wildman–Crippen MR) is 45.6 cm³/mol. The number of hydrogen-bond donors (Lipinski definition) is 0. The van der Waals surface area contributed by atoms with Gasteiger partial charge in [-0.2, -0.15) is 52.7 Å². The maximum absolute atomic E-state index is 12.1. The Morgan fingerprint density at radius 1 is 0.545 bits per heavy atom. The molecule has 0 aromatic carbocycles. The molecule has 0 saturated carbocycles. The fraction of sp³-hybridized carbons (Fsp3) is 1.00. The van der Waals surface area contributed by atoms with Gasteiger partial charge in [-0.3, -0.25) is 0 Å². The molecule has 0 aromatic rings. The summed E-state index contributed by atoms with van der Waals surface area (Å²) in [5, 5.41) is 0. The van der Waals surface area contributed by atoms with Crippen LogP contribution >= 0.6 is 0 Å². The highest BCUT2D eigenvalue weighted by atomic mass is 27.2. The molecule has 0 N–H and O–H groups in total. The van der Waals surface area contributed by atoms with Gasteiger partial charge in [0.05, 0.1) is 0 Å². The van der Waals surface area contributed by atoms with Crippen molar-refractivity contribution in [3.63, 3.8) is 0 Å². The summed E-state index contributed by atoms with van der Waals surface area (Å²) in [4.78, 5) is 0. The van der Waals surface area contributed by atoms with Crippen molar-refractivity contribution in [2.45, 2.75) is 42.7 Å². The molecule has 0 fully saturated rings. The topological polar surface area (TPSA) is 18.5 Å². The minimum atomic E-state index is -6.07. The SMILES string of the molecule is [CH3][Al]([O]C(C(F)(F)F)C(F)(F)F)[O]C(C(F)(F)F)C(F)(F)F. The van der Waals surface area contributed by atoms with Gasteiger partial charge >= 0.3 is 39.5 Å². The standard InChI is InChI=1S/2C3HF6O.CH3.Al/c2*4-2(5,6)1(10)3(7,8)9;;/h2*1H;1H3;/q2*-1;;+2. The van der Waals surface area contributed by atoms with Crippen LogP contribution < -0.4 is 0 Å². The molecule has 0 heterocycles. The van der Waals surface area contributed by atoms with Crippen LogP contribution in [0.5, 0.6) is 0 Å². The average molecular weight is 376 g/mol. The van der Waals surface area contributed by atoms with Crippen LogP contribution in [-0.2, 0) is 7.58 Å². The highest BCUT2D eigenvalue weighted by Gasteiger charge is 2.62. The van der Waals surface area contributed by atoms with Crippen LogP contribution in [-0.4, -0.2) is 51.7 Å². The lowest BCUT2D eigenvalue weighted by atomic mass is 10.3. The van der Waals surface area contributed by atoms with Crippen molar-refractivity contribution in [1.29, 1.82) is 0 Å². The molecule has 0 radical (unpaired) electrons. The number of hydrogen-bond acceptors (Lipinski definition) is 2. The Balaban J connectivity index is 5.15. The van der Waals surface area contributed by atoms with Crippen molar-refractivity contribution in [3.8, 4) is 0 Å². The zero-order valence-corrected chi connectivity index (χ0v) is 11.2. The van der Waals surface area contributed by atoms with Crippen molar-refractivity contribution < 1.29 is 60.3 Å². The van der Waals surface area contributed by atoms with E-state index in [0.29, 0.717) is 0 Å². The molecule has 0 bridgehead atoms. The monoisotopic (exact) mass is 376 g/mol. The summed E-state index contributed by atoms with van der Waals surface area (Å²) in [5.74, 6) is 0.176. The van der Waals surface area contributed by atoms with Crippen molar-refractivity contribution in [2.75, 3.05) is 0 Å². The summed E-state index contributed by atoms with van der Waals surface area (Å²) in [7, 11) is 0. The molecule has 0 aromatic heterocycles. The molecule has 0 aliphatic rings. The second-order valence-electron chi connectivity index (χ2n) is 3.77. The molecule has 0 unspecified atom stereocenters. The van der Waals surface area contributed by atoms with Crippen molar-refractivity contribution in [2.24, 2.45) is 0 Å². The number of alkyl halides is 12. The third-order valence-electron chi connectivity index (χ3n) is 1.84. The highest BCUT2D eigenvalue weighted by Crippen LogP contribution is 2.39. The lowest BCUT2D eigenvalue weighted by Crippen LogP contribution is -2.51. The first kappa shape index (κ1) is 21.6. The normalized spacial score (nSPS) is 14.9. The molecule has 0 saturated heterocycles. The Morgan fingerprint density at radius 2 is 0.727 bits per heavy atom. The van der Waals surface area contributed by atoms with Gasteiger partial charge in [-0.1, -0.05) is 5.79 Å². The molecule has 132 valence electrons. The quantitative estimate of drug-likeness (QED) is 0.543. The summed E-state index contributed by atoms with van der Waals surface area (Å²) in [5.41, 5.74) is 0. The Hall–Kier alpha value is -0.388.